The van der Waals surface area contributed by atoms with Gasteiger partial charge in [0.15, 0.2) is 5.82 Å². The van der Waals surface area contributed by atoms with Gasteiger partial charge in [-0.3, -0.25) is 0 Å². The number of hydrogen-bond acceptors (Lipinski definition) is 6. The predicted molar refractivity (Wildman–Crippen MR) is 87.5 cm³/mol. The minimum atomic E-state index is 0.340. The summed E-state index contributed by atoms with van der Waals surface area (Å²) in [5.74, 6) is 2.95. The number of aromatic nitrogens is 2. The van der Waals surface area contributed by atoms with Crippen molar-refractivity contribution in [1.82, 2.24) is 9.97 Å². The van der Waals surface area contributed by atoms with Crippen molar-refractivity contribution in [3.63, 3.8) is 0 Å². The zero-order chi connectivity index (χ0) is 15.9. The zero-order valence-corrected chi connectivity index (χ0v) is 13.2. The van der Waals surface area contributed by atoms with Crippen molar-refractivity contribution in [2.24, 2.45) is 5.92 Å². The van der Waals surface area contributed by atoms with Crippen LogP contribution < -0.4 is 20.5 Å². The molecule has 2 aromatic rings. The first-order chi connectivity index (χ1) is 10.6. The van der Waals surface area contributed by atoms with Crippen LogP contribution in [0.1, 0.15) is 20.3 Å². The Hall–Kier alpha value is -2.50. The highest BCUT2D eigenvalue weighted by Crippen LogP contribution is 2.30. The van der Waals surface area contributed by atoms with Crippen LogP contribution in [0.4, 0.5) is 11.5 Å². The first kappa shape index (κ1) is 15.9. The Morgan fingerprint density at radius 3 is 2.45 bits per heavy atom. The molecule has 6 nitrogen and oxygen atoms in total. The van der Waals surface area contributed by atoms with E-state index in [2.05, 4.69) is 29.1 Å². The Morgan fingerprint density at radius 1 is 1.14 bits per heavy atom. The van der Waals surface area contributed by atoms with Crippen LogP contribution in [0.2, 0.25) is 0 Å². The van der Waals surface area contributed by atoms with E-state index in [0.29, 0.717) is 29.1 Å². The van der Waals surface area contributed by atoms with Crippen molar-refractivity contribution in [2.75, 3.05) is 24.7 Å². The summed E-state index contributed by atoms with van der Waals surface area (Å²) in [6.45, 7) is 5.15. The normalized spacial score (nSPS) is 10.5. The number of benzene rings is 1. The summed E-state index contributed by atoms with van der Waals surface area (Å²) in [5, 5.41) is 3.21. The number of nitrogens with two attached hydrogens (primary N) is 1. The molecule has 0 aliphatic heterocycles. The molecule has 0 spiro atoms. The average Bonchev–Trinajstić information content (AvgIpc) is 2.51. The van der Waals surface area contributed by atoms with Gasteiger partial charge in [-0.2, -0.15) is 4.98 Å². The first-order valence-corrected chi connectivity index (χ1v) is 7.26. The Morgan fingerprint density at radius 2 is 1.82 bits per heavy atom. The van der Waals surface area contributed by atoms with Crippen LogP contribution >= 0.6 is 0 Å². The number of rotatable bonds is 7. The molecule has 0 fully saturated rings. The fourth-order valence-corrected chi connectivity index (χ4v) is 1.84. The monoisotopic (exact) mass is 302 g/mol. The van der Waals surface area contributed by atoms with Crippen LogP contribution in [0.3, 0.4) is 0 Å². The Kier molecular flexibility index (Phi) is 5.41. The number of ether oxygens (including phenoxy) is 2. The van der Waals surface area contributed by atoms with Crippen molar-refractivity contribution >= 4 is 11.5 Å². The van der Waals surface area contributed by atoms with Crippen molar-refractivity contribution < 1.29 is 9.47 Å². The van der Waals surface area contributed by atoms with E-state index in [-0.39, 0.29) is 0 Å². The second kappa shape index (κ2) is 7.49. The molecular weight excluding hydrogens is 280 g/mol. The van der Waals surface area contributed by atoms with E-state index in [4.69, 9.17) is 15.2 Å². The van der Waals surface area contributed by atoms with Gasteiger partial charge in [-0.1, -0.05) is 13.8 Å². The maximum absolute atomic E-state index is 6.07. The van der Waals surface area contributed by atoms with Gasteiger partial charge >= 0.3 is 0 Å². The topological polar surface area (TPSA) is 82.3 Å². The second-order valence-electron chi connectivity index (χ2n) is 5.33. The molecule has 3 N–H and O–H groups in total. The molecule has 0 amide bonds. The number of methoxy groups -OCH3 is 1. The maximum Gasteiger partial charge on any atom is 0.248 e. The quantitative estimate of drug-likeness (QED) is 0.816. The van der Waals surface area contributed by atoms with Crippen molar-refractivity contribution in [1.29, 1.82) is 0 Å². The molecule has 6 heteroatoms. The Labute approximate surface area is 130 Å². The molecule has 0 radical (unpaired) electrons. The highest BCUT2D eigenvalue weighted by molar-refractivity contribution is 5.66. The summed E-state index contributed by atoms with van der Waals surface area (Å²) < 4.78 is 10.8. The molecule has 1 aromatic carbocycles. The highest BCUT2D eigenvalue weighted by Gasteiger charge is 2.10. The van der Waals surface area contributed by atoms with Gasteiger partial charge in [-0.05, 0) is 36.6 Å². The van der Waals surface area contributed by atoms with E-state index in [9.17, 15) is 0 Å². The molecule has 0 aliphatic rings. The molecule has 118 valence electrons. The molecule has 0 atom stereocenters. The molecule has 22 heavy (non-hydrogen) atoms. The van der Waals surface area contributed by atoms with Gasteiger partial charge in [0.25, 0.3) is 0 Å². The number of nitrogen functional groups attached to an aromatic ring is 1. The summed E-state index contributed by atoms with van der Waals surface area (Å²) in [4.78, 5) is 8.25. The number of nitrogens with one attached hydrogen (secondary N) is 1. The van der Waals surface area contributed by atoms with Crippen LogP contribution in [0.15, 0.2) is 30.6 Å². The molecule has 0 unspecified atom stereocenters. The van der Waals surface area contributed by atoms with Crippen molar-refractivity contribution in [2.45, 2.75) is 20.3 Å². The largest absolute Gasteiger partial charge is 0.497 e. The van der Waals surface area contributed by atoms with Crippen LogP contribution in [0, 0.1) is 5.92 Å². The average molecular weight is 302 g/mol. The minimum absolute atomic E-state index is 0.340. The van der Waals surface area contributed by atoms with Crippen LogP contribution in [0.25, 0.3) is 0 Å². The minimum Gasteiger partial charge on any atom is -0.497 e. The predicted octanol–water partition coefficient (Wildman–Crippen LogP) is 3.32. The standard InChI is InChI=1S/C16H22N4O2/c1-11(2)8-9-18-15-14(17)16(20-10-19-15)22-13-6-4-12(21-3)5-7-13/h4-7,10-11H,8-9,17H2,1-3H3,(H,18,19,20). The van der Waals surface area contributed by atoms with Gasteiger partial charge in [0.1, 0.15) is 23.5 Å². The van der Waals surface area contributed by atoms with Crippen LogP contribution in [-0.2, 0) is 0 Å². The summed E-state index contributed by atoms with van der Waals surface area (Å²) in [7, 11) is 1.62. The molecule has 1 aromatic heterocycles. The van der Waals surface area contributed by atoms with E-state index in [0.717, 1.165) is 18.7 Å². The molecule has 2 rings (SSSR count). The van der Waals surface area contributed by atoms with E-state index in [1.165, 1.54) is 6.33 Å². The first-order valence-electron chi connectivity index (χ1n) is 7.26. The number of anilines is 2. The molecule has 0 saturated heterocycles. The van der Waals surface area contributed by atoms with Crippen molar-refractivity contribution in [3.05, 3.63) is 30.6 Å². The zero-order valence-electron chi connectivity index (χ0n) is 13.2. The lowest BCUT2D eigenvalue weighted by Crippen LogP contribution is -2.09. The van der Waals surface area contributed by atoms with Crippen LogP contribution in [-0.4, -0.2) is 23.6 Å². The molecule has 0 bridgehead atoms. The molecule has 1 heterocycles. The number of hydrogen-bond donors (Lipinski definition) is 2. The summed E-state index contributed by atoms with van der Waals surface area (Å²) in [6, 6.07) is 7.22. The molecule has 0 aliphatic carbocycles. The van der Waals surface area contributed by atoms with Crippen LogP contribution in [0.5, 0.6) is 17.4 Å². The van der Waals surface area contributed by atoms with Gasteiger partial charge in [-0.25, -0.2) is 4.98 Å². The smallest absolute Gasteiger partial charge is 0.248 e. The van der Waals surface area contributed by atoms with Gasteiger partial charge in [0.2, 0.25) is 5.88 Å². The van der Waals surface area contributed by atoms with Gasteiger partial charge in [0, 0.05) is 6.54 Å². The van der Waals surface area contributed by atoms with E-state index < -0.39 is 0 Å². The van der Waals surface area contributed by atoms with Crippen molar-refractivity contribution in [3.8, 4) is 17.4 Å². The fourth-order valence-electron chi connectivity index (χ4n) is 1.84. The fraction of sp³-hybridized carbons (Fsp3) is 0.375. The SMILES string of the molecule is COc1ccc(Oc2ncnc(NCCC(C)C)c2N)cc1. The van der Waals surface area contributed by atoms with E-state index in [1.54, 1.807) is 19.2 Å². The summed E-state index contributed by atoms with van der Waals surface area (Å²) in [6.07, 6.45) is 2.48. The lowest BCUT2D eigenvalue weighted by atomic mass is 10.1. The Bertz CT molecular complexity index is 600. The third kappa shape index (κ3) is 4.25. The van der Waals surface area contributed by atoms with Gasteiger partial charge in [0.05, 0.1) is 7.11 Å². The summed E-state index contributed by atoms with van der Waals surface area (Å²) in [5.41, 5.74) is 6.47. The second-order valence-corrected chi connectivity index (χ2v) is 5.33. The Balaban J connectivity index is 2.07. The van der Waals surface area contributed by atoms with E-state index in [1.807, 2.05) is 12.1 Å². The molecular formula is C16H22N4O2. The lowest BCUT2D eigenvalue weighted by Gasteiger charge is -2.12. The lowest BCUT2D eigenvalue weighted by molar-refractivity contribution is 0.412. The maximum atomic E-state index is 6.07. The molecule has 0 saturated carbocycles. The summed E-state index contributed by atoms with van der Waals surface area (Å²) >= 11 is 0. The third-order valence-electron chi connectivity index (χ3n) is 3.14. The number of nitrogens with zero attached hydrogens (tertiary/aromatic N) is 2. The highest BCUT2D eigenvalue weighted by atomic mass is 16.5. The van der Waals surface area contributed by atoms with E-state index >= 15 is 0 Å². The third-order valence-corrected chi connectivity index (χ3v) is 3.14. The van der Waals surface area contributed by atoms with Gasteiger partial charge in [-0.15, -0.1) is 0 Å². The van der Waals surface area contributed by atoms with Gasteiger partial charge < -0.3 is 20.5 Å².